The molecule has 0 bridgehead atoms. The van der Waals surface area contributed by atoms with Gasteiger partial charge in [-0.05, 0) is 37.2 Å². The summed E-state index contributed by atoms with van der Waals surface area (Å²) in [5.74, 6) is 0. The summed E-state index contributed by atoms with van der Waals surface area (Å²) >= 11 is 8.13. The smallest absolute Gasteiger partial charge is 0.120 e. The molecule has 0 amide bonds. The van der Waals surface area contributed by atoms with E-state index in [2.05, 4.69) is 10.2 Å². The molecule has 0 atom stereocenters. The van der Waals surface area contributed by atoms with Crippen molar-refractivity contribution in [3.63, 3.8) is 0 Å². The topological polar surface area (TPSA) is 58.4 Å². The number of aldehydes is 1. The van der Waals surface area contributed by atoms with Crippen LogP contribution in [0.5, 0.6) is 0 Å². The zero-order chi connectivity index (χ0) is 16.4. The summed E-state index contributed by atoms with van der Waals surface area (Å²) < 4.78 is 0. The first-order valence-corrected chi connectivity index (χ1v) is 8.79. The van der Waals surface area contributed by atoms with E-state index in [-0.39, 0.29) is 5.54 Å². The van der Waals surface area contributed by atoms with Gasteiger partial charge in [0.1, 0.15) is 11.3 Å². The minimum Gasteiger partial charge on any atom is -0.399 e. The lowest BCUT2D eigenvalue weighted by atomic mass is 9.85. The molecule has 1 fully saturated rings. The number of benzene rings is 1. The number of carbonyl (C=O) groups is 1. The first-order chi connectivity index (χ1) is 11.1. The summed E-state index contributed by atoms with van der Waals surface area (Å²) in [6.45, 7) is 1.74. The lowest BCUT2D eigenvalue weighted by molar-refractivity contribution is -0.108. The van der Waals surface area contributed by atoms with Crippen molar-refractivity contribution in [3.8, 4) is 10.4 Å². The number of nitrogen functional groups attached to an aromatic ring is 1. The molecule has 1 saturated heterocycles. The molecule has 1 aromatic carbocycles. The number of carbonyl (C=O) groups excluding carboxylic acids is 1. The van der Waals surface area contributed by atoms with E-state index < -0.39 is 0 Å². The Kier molecular flexibility index (Phi) is 4.62. The van der Waals surface area contributed by atoms with Gasteiger partial charge in [-0.1, -0.05) is 23.7 Å². The number of hydrogen-bond donors (Lipinski definition) is 2. The fraction of sp³-hybridized carbons (Fsp3) is 0.353. The molecule has 2 heterocycles. The van der Waals surface area contributed by atoms with Crippen LogP contribution in [0.25, 0.3) is 10.4 Å². The summed E-state index contributed by atoms with van der Waals surface area (Å²) in [7, 11) is 1.95. The lowest BCUT2D eigenvalue weighted by Crippen LogP contribution is -2.68. The minimum atomic E-state index is 0.0194. The number of anilines is 2. The molecule has 1 aromatic heterocycles. The molecule has 0 radical (unpaired) electrons. The number of likely N-dealkylation sites (N-methyl/N-ethyl adjacent to an activating group) is 1. The zero-order valence-electron chi connectivity index (χ0n) is 13.0. The van der Waals surface area contributed by atoms with Gasteiger partial charge in [0.2, 0.25) is 0 Å². The van der Waals surface area contributed by atoms with Gasteiger partial charge < -0.3 is 20.7 Å². The number of thiophene rings is 1. The van der Waals surface area contributed by atoms with E-state index in [4.69, 9.17) is 17.3 Å². The second-order valence-electron chi connectivity index (χ2n) is 5.98. The Balaban J connectivity index is 1.77. The number of rotatable bonds is 6. The Hall–Kier alpha value is -1.56. The third kappa shape index (κ3) is 3.22. The SMILES string of the molecule is CNC1(CCC=O)CN(c2sc(-c3cccc(N)c3)cc2Cl)C1. The molecule has 0 spiro atoms. The van der Waals surface area contributed by atoms with Crippen LogP contribution in [-0.2, 0) is 4.79 Å². The highest BCUT2D eigenvalue weighted by atomic mass is 35.5. The van der Waals surface area contributed by atoms with Crippen molar-refractivity contribution >= 4 is 39.9 Å². The van der Waals surface area contributed by atoms with Gasteiger partial charge >= 0.3 is 0 Å². The van der Waals surface area contributed by atoms with Gasteiger partial charge in [0, 0.05) is 30.1 Å². The van der Waals surface area contributed by atoms with Crippen molar-refractivity contribution in [1.29, 1.82) is 0 Å². The number of hydrogen-bond acceptors (Lipinski definition) is 5. The zero-order valence-corrected chi connectivity index (χ0v) is 14.6. The van der Waals surface area contributed by atoms with Crippen LogP contribution >= 0.6 is 22.9 Å². The molecule has 2 aromatic rings. The maximum atomic E-state index is 10.6. The Bertz CT molecular complexity index is 710. The Morgan fingerprint density at radius 2 is 2.22 bits per heavy atom. The van der Waals surface area contributed by atoms with Crippen molar-refractivity contribution in [2.75, 3.05) is 30.8 Å². The van der Waals surface area contributed by atoms with Crippen molar-refractivity contribution in [3.05, 3.63) is 35.4 Å². The van der Waals surface area contributed by atoms with Crippen LogP contribution in [0.15, 0.2) is 30.3 Å². The molecule has 0 saturated carbocycles. The van der Waals surface area contributed by atoms with Gasteiger partial charge in [-0.25, -0.2) is 0 Å². The summed E-state index contributed by atoms with van der Waals surface area (Å²) in [4.78, 5) is 14.0. The monoisotopic (exact) mass is 349 g/mol. The fourth-order valence-corrected chi connectivity index (χ4v) is 4.47. The van der Waals surface area contributed by atoms with E-state index in [9.17, 15) is 4.79 Å². The second-order valence-corrected chi connectivity index (χ2v) is 7.42. The number of nitrogens with zero attached hydrogens (tertiary/aromatic N) is 1. The predicted octanol–water partition coefficient (Wildman–Crippen LogP) is 3.41. The normalized spacial score (nSPS) is 16.2. The highest BCUT2D eigenvalue weighted by Crippen LogP contribution is 2.44. The highest BCUT2D eigenvalue weighted by Gasteiger charge is 2.42. The van der Waals surface area contributed by atoms with Gasteiger partial charge in [0.15, 0.2) is 0 Å². The van der Waals surface area contributed by atoms with Crippen molar-refractivity contribution in [1.82, 2.24) is 5.32 Å². The molecule has 4 nitrogen and oxygen atoms in total. The van der Waals surface area contributed by atoms with Crippen LogP contribution < -0.4 is 16.0 Å². The maximum Gasteiger partial charge on any atom is 0.120 e. The van der Waals surface area contributed by atoms with Gasteiger partial charge in [-0.15, -0.1) is 11.3 Å². The molecule has 0 unspecified atom stereocenters. The third-order valence-electron chi connectivity index (χ3n) is 4.39. The molecule has 1 aliphatic rings. The van der Waals surface area contributed by atoms with Gasteiger partial charge in [0.05, 0.1) is 10.6 Å². The standard InChI is InChI=1S/C17H20ClN3OS/c1-20-17(6-3-7-22)10-21(11-17)16-14(18)9-15(23-16)12-4-2-5-13(19)8-12/h2,4-5,7-9,20H,3,6,10-11,19H2,1H3. The second kappa shape index (κ2) is 6.51. The van der Waals surface area contributed by atoms with E-state index in [1.807, 2.05) is 37.4 Å². The minimum absolute atomic E-state index is 0.0194. The summed E-state index contributed by atoms with van der Waals surface area (Å²) in [5, 5.41) is 5.21. The van der Waals surface area contributed by atoms with Crippen molar-refractivity contribution in [2.45, 2.75) is 18.4 Å². The molecule has 6 heteroatoms. The van der Waals surface area contributed by atoms with E-state index >= 15 is 0 Å². The maximum absolute atomic E-state index is 10.6. The molecule has 3 N–H and O–H groups in total. The van der Waals surface area contributed by atoms with Crippen LogP contribution in [-0.4, -0.2) is 32.0 Å². The fourth-order valence-electron chi connectivity index (χ4n) is 3.01. The molecular weight excluding hydrogens is 330 g/mol. The highest BCUT2D eigenvalue weighted by molar-refractivity contribution is 7.20. The number of nitrogens with two attached hydrogens (primary N) is 1. The Morgan fingerprint density at radius 1 is 1.43 bits per heavy atom. The molecule has 1 aliphatic heterocycles. The molecular formula is C17H20ClN3OS. The van der Waals surface area contributed by atoms with Crippen LogP contribution in [0.2, 0.25) is 5.02 Å². The summed E-state index contributed by atoms with van der Waals surface area (Å²) in [5.41, 5.74) is 7.72. The first kappa shape index (κ1) is 16.3. The largest absolute Gasteiger partial charge is 0.399 e. The molecule has 122 valence electrons. The summed E-state index contributed by atoms with van der Waals surface area (Å²) in [6, 6.07) is 9.84. The average molecular weight is 350 g/mol. The summed E-state index contributed by atoms with van der Waals surface area (Å²) in [6.07, 6.45) is 2.42. The lowest BCUT2D eigenvalue weighted by Gasteiger charge is -2.51. The van der Waals surface area contributed by atoms with E-state index in [1.54, 1.807) is 11.3 Å². The Morgan fingerprint density at radius 3 is 2.87 bits per heavy atom. The van der Waals surface area contributed by atoms with E-state index in [0.717, 1.165) is 51.9 Å². The van der Waals surface area contributed by atoms with E-state index in [0.29, 0.717) is 6.42 Å². The van der Waals surface area contributed by atoms with E-state index in [1.165, 1.54) is 0 Å². The first-order valence-electron chi connectivity index (χ1n) is 7.60. The average Bonchev–Trinajstić information content (AvgIpc) is 2.89. The molecule has 0 aliphatic carbocycles. The van der Waals surface area contributed by atoms with Crippen LogP contribution in [0, 0.1) is 0 Å². The number of nitrogens with one attached hydrogen (secondary N) is 1. The molecule has 3 rings (SSSR count). The van der Waals surface area contributed by atoms with Gasteiger partial charge in [0.25, 0.3) is 0 Å². The van der Waals surface area contributed by atoms with Gasteiger partial charge in [-0.2, -0.15) is 0 Å². The number of halogens is 1. The quantitative estimate of drug-likeness (QED) is 0.620. The predicted molar refractivity (Wildman–Crippen MR) is 98.5 cm³/mol. The van der Waals surface area contributed by atoms with Crippen molar-refractivity contribution in [2.24, 2.45) is 0 Å². The van der Waals surface area contributed by atoms with Crippen LogP contribution in [0.1, 0.15) is 12.8 Å². The van der Waals surface area contributed by atoms with Gasteiger partial charge in [-0.3, -0.25) is 0 Å². The molecule has 23 heavy (non-hydrogen) atoms. The van der Waals surface area contributed by atoms with Crippen molar-refractivity contribution < 1.29 is 4.79 Å². The third-order valence-corrected chi connectivity index (χ3v) is 6.03. The Labute approximate surface area is 145 Å². The van der Waals surface area contributed by atoms with Crippen LogP contribution in [0.4, 0.5) is 10.7 Å². The van der Waals surface area contributed by atoms with Crippen LogP contribution in [0.3, 0.4) is 0 Å².